The first-order valence-electron chi connectivity index (χ1n) is 7.65. The molecular weight excluding hydrogens is 300 g/mol. The van der Waals surface area contributed by atoms with E-state index in [4.69, 9.17) is 9.26 Å². The Morgan fingerprint density at radius 2 is 2.32 bits per heavy atom. The van der Waals surface area contributed by atoms with Gasteiger partial charge in [0.15, 0.2) is 5.58 Å². The number of fused-ring (bicyclic) bond motifs is 2. The molecule has 22 heavy (non-hydrogen) atoms. The summed E-state index contributed by atoms with van der Waals surface area (Å²) in [6.07, 6.45) is 1.24. The van der Waals surface area contributed by atoms with Crippen LogP contribution in [0.2, 0.25) is 0 Å². The zero-order valence-corrected chi connectivity index (χ0v) is 13.1. The molecule has 0 unspecified atom stereocenters. The van der Waals surface area contributed by atoms with E-state index >= 15 is 0 Å². The van der Waals surface area contributed by atoms with E-state index in [0.717, 1.165) is 48.6 Å². The fraction of sp³-hybridized carbons (Fsp3) is 0.500. The van der Waals surface area contributed by atoms with E-state index in [1.165, 1.54) is 0 Å². The molecule has 3 heterocycles. The highest BCUT2D eigenvalue weighted by molar-refractivity contribution is 8.00. The SMILES string of the molecule is O=C(Cc1noc2ccccc12)N1CCS[C@H]2COCC[C@H]21. The maximum Gasteiger partial charge on any atom is 0.229 e. The number of benzene rings is 1. The van der Waals surface area contributed by atoms with Gasteiger partial charge in [0.25, 0.3) is 0 Å². The van der Waals surface area contributed by atoms with E-state index in [0.29, 0.717) is 17.7 Å². The highest BCUT2D eigenvalue weighted by Crippen LogP contribution is 2.31. The zero-order valence-electron chi connectivity index (χ0n) is 12.2. The number of thioether (sulfide) groups is 1. The summed E-state index contributed by atoms with van der Waals surface area (Å²) in [4.78, 5) is 14.8. The van der Waals surface area contributed by atoms with Gasteiger partial charge in [0, 0.05) is 35.6 Å². The van der Waals surface area contributed by atoms with Crippen molar-refractivity contribution in [2.45, 2.75) is 24.1 Å². The summed E-state index contributed by atoms with van der Waals surface area (Å²) in [7, 11) is 0. The molecular formula is C16H18N2O3S. The number of carbonyl (C=O) groups is 1. The average Bonchev–Trinajstić information content (AvgIpc) is 2.97. The highest BCUT2D eigenvalue weighted by Gasteiger charge is 2.37. The predicted molar refractivity (Wildman–Crippen MR) is 84.9 cm³/mol. The van der Waals surface area contributed by atoms with Crippen molar-refractivity contribution in [1.82, 2.24) is 10.1 Å². The lowest BCUT2D eigenvalue weighted by atomic mass is 10.0. The van der Waals surface area contributed by atoms with Gasteiger partial charge in [-0.3, -0.25) is 4.79 Å². The molecule has 6 heteroatoms. The minimum absolute atomic E-state index is 0.149. The maximum atomic E-state index is 12.8. The van der Waals surface area contributed by atoms with Gasteiger partial charge in [0.1, 0.15) is 5.69 Å². The summed E-state index contributed by atoms with van der Waals surface area (Å²) in [6, 6.07) is 7.99. The minimum atomic E-state index is 0.149. The van der Waals surface area contributed by atoms with Gasteiger partial charge in [-0.15, -0.1) is 0 Å². The molecule has 0 bridgehead atoms. The Hall–Kier alpha value is -1.53. The van der Waals surface area contributed by atoms with Crippen molar-refractivity contribution in [1.29, 1.82) is 0 Å². The van der Waals surface area contributed by atoms with E-state index < -0.39 is 0 Å². The van der Waals surface area contributed by atoms with Crippen LogP contribution in [0, 0.1) is 0 Å². The molecule has 0 N–H and O–H groups in total. The summed E-state index contributed by atoms with van der Waals surface area (Å²) in [5.74, 6) is 1.13. The van der Waals surface area contributed by atoms with Gasteiger partial charge in [-0.2, -0.15) is 11.8 Å². The van der Waals surface area contributed by atoms with Crippen molar-refractivity contribution >= 4 is 28.6 Å². The van der Waals surface area contributed by atoms with Gasteiger partial charge >= 0.3 is 0 Å². The number of rotatable bonds is 2. The lowest BCUT2D eigenvalue weighted by Crippen LogP contribution is -2.54. The zero-order chi connectivity index (χ0) is 14.9. The first kappa shape index (κ1) is 14.1. The first-order chi connectivity index (χ1) is 10.8. The number of para-hydroxylation sites is 1. The Balaban J connectivity index is 1.53. The summed E-state index contributed by atoms with van der Waals surface area (Å²) in [5.41, 5.74) is 1.48. The molecule has 2 aliphatic heterocycles. The molecule has 116 valence electrons. The van der Waals surface area contributed by atoms with Gasteiger partial charge in [0.05, 0.1) is 13.0 Å². The van der Waals surface area contributed by atoms with Gasteiger partial charge in [-0.1, -0.05) is 17.3 Å². The van der Waals surface area contributed by atoms with E-state index in [9.17, 15) is 4.79 Å². The molecule has 0 saturated carbocycles. The van der Waals surface area contributed by atoms with Crippen molar-refractivity contribution in [2.75, 3.05) is 25.5 Å². The molecule has 2 fully saturated rings. The summed E-state index contributed by atoms with van der Waals surface area (Å²) in [5, 5.41) is 5.43. The minimum Gasteiger partial charge on any atom is -0.380 e. The van der Waals surface area contributed by atoms with Crippen molar-refractivity contribution < 1.29 is 14.1 Å². The molecule has 4 rings (SSSR count). The van der Waals surface area contributed by atoms with E-state index in [1.54, 1.807) is 0 Å². The number of hydrogen-bond donors (Lipinski definition) is 0. The van der Waals surface area contributed by atoms with Crippen LogP contribution >= 0.6 is 11.8 Å². The second-order valence-electron chi connectivity index (χ2n) is 5.73. The van der Waals surface area contributed by atoms with Crippen LogP contribution < -0.4 is 0 Å². The van der Waals surface area contributed by atoms with Crippen LogP contribution in [0.4, 0.5) is 0 Å². The van der Waals surface area contributed by atoms with Crippen LogP contribution in [0.15, 0.2) is 28.8 Å². The van der Waals surface area contributed by atoms with Crippen molar-refractivity contribution in [3.63, 3.8) is 0 Å². The molecule has 1 aromatic carbocycles. The van der Waals surface area contributed by atoms with Crippen LogP contribution in [0.25, 0.3) is 11.0 Å². The Morgan fingerprint density at radius 1 is 1.41 bits per heavy atom. The fourth-order valence-corrected chi connectivity index (χ4v) is 4.61. The Kier molecular flexibility index (Phi) is 3.80. The second-order valence-corrected chi connectivity index (χ2v) is 7.08. The first-order valence-corrected chi connectivity index (χ1v) is 8.70. The molecule has 0 aliphatic carbocycles. The van der Waals surface area contributed by atoms with E-state index in [-0.39, 0.29) is 5.91 Å². The third kappa shape index (κ3) is 2.50. The molecule has 1 aromatic heterocycles. The molecule has 2 aromatic rings. The molecule has 2 atom stereocenters. The Labute approximate surface area is 133 Å². The quantitative estimate of drug-likeness (QED) is 0.849. The van der Waals surface area contributed by atoms with Gasteiger partial charge < -0.3 is 14.2 Å². The van der Waals surface area contributed by atoms with Gasteiger partial charge in [-0.05, 0) is 18.6 Å². The number of aromatic nitrogens is 1. The van der Waals surface area contributed by atoms with Crippen LogP contribution in [0.5, 0.6) is 0 Å². The number of ether oxygens (including phenoxy) is 1. The van der Waals surface area contributed by atoms with Crippen molar-refractivity contribution in [3.05, 3.63) is 30.0 Å². The number of carbonyl (C=O) groups excluding carboxylic acids is 1. The summed E-state index contributed by atoms with van der Waals surface area (Å²) >= 11 is 1.93. The molecule has 1 amide bonds. The van der Waals surface area contributed by atoms with Crippen LogP contribution in [-0.2, 0) is 16.0 Å². The summed E-state index contributed by atoms with van der Waals surface area (Å²) in [6.45, 7) is 2.32. The van der Waals surface area contributed by atoms with Crippen molar-refractivity contribution in [2.24, 2.45) is 0 Å². The standard InChI is InChI=1S/C16H18N2O3S/c19-16(9-12-11-3-1-2-4-14(11)21-17-12)18-6-8-22-15-10-20-7-5-13(15)18/h1-4,13,15H,5-10H2/t13-,15+/m1/s1. The van der Waals surface area contributed by atoms with Gasteiger partial charge in [0.2, 0.25) is 5.91 Å². The van der Waals surface area contributed by atoms with Crippen LogP contribution in [-0.4, -0.2) is 52.8 Å². The number of amides is 1. The van der Waals surface area contributed by atoms with Crippen LogP contribution in [0.3, 0.4) is 0 Å². The molecule has 2 aliphatic rings. The highest BCUT2D eigenvalue weighted by atomic mass is 32.2. The lowest BCUT2D eigenvalue weighted by molar-refractivity contribution is -0.134. The second kappa shape index (κ2) is 5.93. The Bertz CT molecular complexity index is 685. The number of nitrogens with zero attached hydrogens (tertiary/aromatic N) is 2. The molecule has 0 spiro atoms. The smallest absolute Gasteiger partial charge is 0.229 e. The largest absolute Gasteiger partial charge is 0.380 e. The van der Waals surface area contributed by atoms with E-state index in [2.05, 4.69) is 5.16 Å². The van der Waals surface area contributed by atoms with E-state index in [1.807, 2.05) is 40.9 Å². The number of hydrogen-bond acceptors (Lipinski definition) is 5. The van der Waals surface area contributed by atoms with Crippen molar-refractivity contribution in [3.8, 4) is 0 Å². The summed E-state index contributed by atoms with van der Waals surface area (Å²) < 4.78 is 10.8. The third-order valence-corrected chi connectivity index (χ3v) is 5.72. The van der Waals surface area contributed by atoms with Crippen LogP contribution in [0.1, 0.15) is 12.1 Å². The molecule has 0 radical (unpaired) electrons. The average molecular weight is 318 g/mol. The van der Waals surface area contributed by atoms with Gasteiger partial charge in [-0.25, -0.2) is 0 Å². The normalized spacial score (nSPS) is 25.2. The lowest BCUT2D eigenvalue weighted by Gasteiger charge is -2.43. The third-order valence-electron chi connectivity index (χ3n) is 4.42. The monoisotopic (exact) mass is 318 g/mol. The Morgan fingerprint density at radius 3 is 3.27 bits per heavy atom. The predicted octanol–water partition coefficient (Wildman–Crippen LogP) is 2.10. The topological polar surface area (TPSA) is 55.6 Å². The maximum absolute atomic E-state index is 12.8. The molecule has 5 nitrogen and oxygen atoms in total. The fourth-order valence-electron chi connectivity index (χ4n) is 3.30. The molecule has 2 saturated heterocycles.